The predicted molar refractivity (Wildman–Crippen MR) is 83.9 cm³/mol. The minimum atomic E-state index is 0.136. The third-order valence-corrected chi connectivity index (χ3v) is 4.31. The van der Waals surface area contributed by atoms with E-state index in [4.69, 9.17) is 0 Å². The molecule has 110 valence electrons. The van der Waals surface area contributed by atoms with Crippen LogP contribution in [0.4, 0.5) is 5.69 Å². The third-order valence-electron chi connectivity index (χ3n) is 4.31. The second kappa shape index (κ2) is 6.89. The van der Waals surface area contributed by atoms with Gasteiger partial charge in [-0.25, -0.2) is 0 Å². The van der Waals surface area contributed by atoms with Crippen LogP contribution in [0.15, 0.2) is 18.2 Å². The lowest BCUT2D eigenvalue weighted by molar-refractivity contribution is -0.117. The monoisotopic (exact) mass is 274 g/mol. The highest BCUT2D eigenvalue weighted by atomic mass is 16.1. The van der Waals surface area contributed by atoms with E-state index in [-0.39, 0.29) is 5.91 Å². The Hall–Kier alpha value is -1.35. The fourth-order valence-corrected chi connectivity index (χ4v) is 2.90. The predicted octanol–water partition coefficient (Wildman–Crippen LogP) is 3.27. The van der Waals surface area contributed by atoms with Crippen molar-refractivity contribution in [2.45, 2.75) is 40.0 Å². The van der Waals surface area contributed by atoms with Crippen molar-refractivity contribution in [2.24, 2.45) is 11.8 Å². The third kappa shape index (κ3) is 4.07. The first-order valence-electron chi connectivity index (χ1n) is 7.64. The lowest BCUT2D eigenvalue weighted by atomic mass is 9.85. The van der Waals surface area contributed by atoms with Gasteiger partial charge in [-0.2, -0.15) is 0 Å². The molecule has 0 spiro atoms. The van der Waals surface area contributed by atoms with Crippen molar-refractivity contribution in [3.05, 3.63) is 29.3 Å². The number of hydrogen-bond acceptors (Lipinski definition) is 2. The molecule has 0 saturated carbocycles. The summed E-state index contributed by atoms with van der Waals surface area (Å²) in [6, 6.07) is 6.17. The van der Waals surface area contributed by atoms with Crippen molar-refractivity contribution in [2.75, 3.05) is 18.4 Å². The Morgan fingerprint density at radius 3 is 2.95 bits per heavy atom. The maximum absolute atomic E-state index is 12.2. The molecule has 1 amide bonds. The minimum Gasteiger partial charge on any atom is -0.326 e. The summed E-state index contributed by atoms with van der Waals surface area (Å²) in [5.41, 5.74) is 3.25. The van der Waals surface area contributed by atoms with Crippen molar-refractivity contribution in [3.63, 3.8) is 0 Å². The first-order chi connectivity index (χ1) is 9.56. The highest BCUT2D eigenvalue weighted by Crippen LogP contribution is 2.23. The number of benzene rings is 1. The number of rotatable bonds is 4. The largest absolute Gasteiger partial charge is 0.326 e. The number of hydrogen-bond donors (Lipinski definition) is 2. The molecule has 0 aliphatic carbocycles. The zero-order valence-corrected chi connectivity index (χ0v) is 12.8. The fourth-order valence-electron chi connectivity index (χ4n) is 2.90. The van der Waals surface area contributed by atoms with E-state index in [0.29, 0.717) is 18.3 Å². The number of piperidine rings is 1. The molecule has 2 N–H and O–H groups in total. The van der Waals surface area contributed by atoms with Crippen molar-refractivity contribution >= 4 is 11.6 Å². The van der Waals surface area contributed by atoms with Gasteiger partial charge in [0.1, 0.15) is 0 Å². The Morgan fingerprint density at radius 2 is 2.25 bits per heavy atom. The standard InChI is InChI=1S/C17H26N2O/c1-12-6-7-13(2)16(9-12)19-17(20)10-14(3)15-5-4-8-18-11-15/h6-7,9,14-15,18H,4-5,8,10-11H2,1-3H3,(H,19,20). The molecule has 2 unspecified atom stereocenters. The molecule has 0 aromatic heterocycles. The van der Waals surface area contributed by atoms with Crippen LogP contribution in [0.5, 0.6) is 0 Å². The zero-order valence-electron chi connectivity index (χ0n) is 12.8. The Balaban J connectivity index is 1.89. The van der Waals surface area contributed by atoms with Gasteiger partial charge in [-0.05, 0) is 68.8 Å². The van der Waals surface area contributed by atoms with E-state index < -0.39 is 0 Å². The van der Waals surface area contributed by atoms with Crippen LogP contribution in [0.1, 0.15) is 37.3 Å². The molecule has 2 atom stereocenters. The summed E-state index contributed by atoms with van der Waals surface area (Å²) >= 11 is 0. The van der Waals surface area contributed by atoms with Gasteiger partial charge in [-0.3, -0.25) is 4.79 Å². The highest BCUT2D eigenvalue weighted by molar-refractivity contribution is 5.91. The van der Waals surface area contributed by atoms with Gasteiger partial charge >= 0.3 is 0 Å². The van der Waals surface area contributed by atoms with Crippen molar-refractivity contribution < 1.29 is 4.79 Å². The van der Waals surface area contributed by atoms with Gasteiger partial charge in [0.2, 0.25) is 5.91 Å². The van der Waals surface area contributed by atoms with E-state index in [2.05, 4.69) is 29.7 Å². The molecule has 3 nitrogen and oxygen atoms in total. The van der Waals surface area contributed by atoms with Crippen molar-refractivity contribution in [1.82, 2.24) is 5.32 Å². The van der Waals surface area contributed by atoms with Gasteiger partial charge in [0, 0.05) is 12.1 Å². The number of nitrogens with one attached hydrogen (secondary N) is 2. The molecule has 1 saturated heterocycles. The second-order valence-electron chi connectivity index (χ2n) is 6.15. The molecule has 1 fully saturated rings. The topological polar surface area (TPSA) is 41.1 Å². The van der Waals surface area contributed by atoms with Crippen molar-refractivity contribution in [3.8, 4) is 0 Å². The fraction of sp³-hybridized carbons (Fsp3) is 0.588. The van der Waals surface area contributed by atoms with Gasteiger partial charge in [0.15, 0.2) is 0 Å². The average molecular weight is 274 g/mol. The Bertz CT molecular complexity index is 464. The van der Waals surface area contributed by atoms with E-state index in [9.17, 15) is 4.79 Å². The maximum atomic E-state index is 12.2. The number of amides is 1. The quantitative estimate of drug-likeness (QED) is 0.884. The summed E-state index contributed by atoms with van der Waals surface area (Å²) in [5, 5.41) is 6.49. The van der Waals surface area contributed by atoms with Gasteiger partial charge in [0.25, 0.3) is 0 Å². The zero-order chi connectivity index (χ0) is 14.5. The summed E-state index contributed by atoms with van der Waals surface area (Å²) in [7, 11) is 0. The molecule has 0 bridgehead atoms. The second-order valence-corrected chi connectivity index (χ2v) is 6.15. The molecule has 1 aliphatic heterocycles. The molecule has 20 heavy (non-hydrogen) atoms. The number of carbonyl (C=O) groups excluding carboxylic acids is 1. The first kappa shape index (κ1) is 15.0. The van der Waals surface area contributed by atoms with E-state index >= 15 is 0 Å². The summed E-state index contributed by atoms with van der Waals surface area (Å²) < 4.78 is 0. The minimum absolute atomic E-state index is 0.136. The van der Waals surface area contributed by atoms with Crippen LogP contribution in [0.3, 0.4) is 0 Å². The molecule has 0 radical (unpaired) electrons. The summed E-state index contributed by atoms with van der Waals surface area (Å²) in [6.07, 6.45) is 3.08. The number of aryl methyl sites for hydroxylation is 2. The number of carbonyl (C=O) groups is 1. The molecule has 1 aromatic carbocycles. The smallest absolute Gasteiger partial charge is 0.224 e. The number of anilines is 1. The lowest BCUT2D eigenvalue weighted by Crippen LogP contribution is -2.34. The molecular weight excluding hydrogens is 248 g/mol. The van der Waals surface area contributed by atoms with Crippen LogP contribution in [-0.2, 0) is 4.79 Å². The SMILES string of the molecule is Cc1ccc(C)c(NC(=O)CC(C)C2CCCNC2)c1. The molecule has 1 aliphatic rings. The maximum Gasteiger partial charge on any atom is 0.224 e. The van der Waals surface area contributed by atoms with E-state index in [1.165, 1.54) is 18.4 Å². The van der Waals surface area contributed by atoms with E-state index in [0.717, 1.165) is 24.3 Å². The lowest BCUT2D eigenvalue weighted by Gasteiger charge is -2.28. The summed E-state index contributed by atoms with van der Waals surface area (Å²) in [5.74, 6) is 1.21. The first-order valence-corrected chi connectivity index (χ1v) is 7.64. The van der Waals surface area contributed by atoms with Gasteiger partial charge in [0.05, 0.1) is 0 Å². The van der Waals surface area contributed by atoms with Crippen LogP contribution in [0.25, 0.3) is 0 Å². The van der Waals surface area contributed by atoms with Crippen LogP contribution >= 0.6 is 0 Å². The Labute approximate surface area is 122 Å². The van der Waals surface area contributed by atoms with Gasteiger partial charge in [-0.1, -0.05) is 19.1 Å². The van der Waals surface area contributed by atoms with Crippen LogP contribution in [0, 0.1) is 25.7 Å². The van der Waals surface area contributed by atoms with Crippen LogP contribution in [-0.4, -0.2) is 19.0 Å². The summed E-state index contributed by atoms with van der Waals surface area (Å²) in [6.45, 7) is 8.45. The molecule has 1 aromatic rings. The highest BCUT2D eigenvalue weighted by Gasteiger charge is 2.22. The summed E-state index contributed by atoms with van der Waals surface area (Å²) in [4.78, 5) is 12.2. The molecule has 1 heterocycles. The molecule has 3 heteroatoms. The van der Waals surface area contributed by atoms with E-state index in [1.807, 2.05) is 19.9 Å². The molecular formula is C17H26N2O. The average Bonchev–Trinajstić information content (AvgIpc) is 2.43. The van der Waals surface area contributed by atoms with Crippen LogP contribution < -0.4 is 10.6 Å². The Kier molecular flexibility index (Phi) is 5.18. The van der Waals surface area contributed by atoms with Crippen molar-refractivity contribution in [1.29, 1.82) is 0 Å². The van der Waals surface area contributed by atoms with Gasteiger partial charge in [-0.15, -0.1) is 0 Å². The van der Waals surface area contributed by atoms with E-state index in [1.54, 1.807) is 0 Å². The molecule has 2 rings (SSSR count). The van der Waals surface area contributed by atoms with Crippen LogP contribution in [0.2, 0.25) is 0 Å². The Morgan fingerprint density at radius 1 is 1.45 bits per heavy atom. The van der Waals surface area contributed by atoms with Gasteiger partial charge < -0.3 is 10.6 Å². The normalized spacial score (nSPS) is 20.4.